The Morgan fingerprint density at radius 1 is 1.03 bits per heavy atom. The number of hydrogen-bond donors (Lipinski definition) is 0. The number of hydrogen-bond acceptors (Lipinski definition) is 6. The van der Waals surface area contributed by atoms with Gasteiger partial charge in [0.1, 0.15) is 23.8 Å². The fourth-order valence-electron chi connectivity index (χ4n) is 5.65. The highest BCUT2D eigenvalue weighted by atomic mass is 19.1. The molecule has 204 valence electrons. The summed E-state index contributed by atoms with van der Waals surface area (Å²) in [7, 11) is 0. The van der Waals surface area contributed by atoms with Crippen molar-refractivity contribution < 1.29 is 13.9 Å². The van der Waals surface area contributed by atoms with Crippen LogP contribution in [-0.2, 0) is 17.9 Å². The molecule has 0 N–H and O–H groups in total. The molecule has 0 spiro atoms. The van der Waals surface area contributed by atoms with Crippen LogP contribution in [0.25, 0.3) is 11.2 Å². The van der Waals surface area contributed by atoms with Crippen LogP contribution >= 0.6 is 0 Å². The van der Waals surface area contributed by atoms with Crippen LogP contribution in [0.4, 0.5) is 4.39 Å². The molecule has 5 heterocycles. The maximum atomic E-state index is 14.2. The molecule has 39 heavy (non-hydrogen) atoms. The van der Waals surface area contributed by atoms with E-state index in [2.05, 4.69) is 28.5 Å². The zero-order valence-corrected chi connectivity index (χ0v) is 22.9. The number of ether oxygens (including phenoxy) is 2. The van der Waals surface area contributed by atoms with Gasteiger partial charge in [0.15, 0.2) is 5.65 Å². The Kier molecular flexibility index (Phi) is 7.32. The van der Waals surface area contributed by atoms with Crippen molar-refractivity contribution in [2.24, 2.45) is 0 Å². The first kappa shape index (κ1) is 25.9. The molecule has 3 aromatic heterocycles. The number of benzene rings is 1. The Morgan fingerprint density at radius 2 is 1.85 bits per heavy atom. The van der Waals surface area contributed by atoms with Crippen molar-refractivity contribution in [2.45, 2.75) is 71.2 Å². The summed E-state index contributed by atoms with van der Waals surface area (Å²) in [5.41, 5.74) is 5.37. The molecule has 1 aromatic carbocycles. The van der Waals surface area contributed by atoms with Gasteiger partial charge in [0.05, 0.1) is 18.7 Å². The molecule has 0 bridgehead atoms. The third-order valence-electron chi connectivity index (χ3n) is 8.14. The predicted octanol–water partition coefficient (Wildman–Crippen LogP) is 5.89. The van der Waals surface area contributed by atoms with Gasteiger partial charge in [-0.15, -0.1) is 0 Å². The van der Waals surface area contributed by atoms with Gasteiger partial charge in [-0.1, -0.05) is 18.2 Å². The van der Waals surface area contributed by atoms with E-state index in [0.29, 0.717) is 17.4 Å². The lowest BCUT2D eigenvalue weighted by Crippen LogP contribution is -2.37. The van der Waals surface area contributed by atoms with Crippen molar-refractivity contribution in [1.29, 1.82) is 0 Å². The number of imidazole rings is 1. The average Bonchev–Trinajstić information content (AvgIpc) is 3.27. The van der Waals surface area contributed by atoms with Gasteiger partial charge >= 0.3 is 0 Å². The minimum absolute atomic E-state index is 0.166. The first-order valence-corrected chi connectivity index (χ1v) is 14.0. The lowest BCUT2D eigenvalue weighted by molar-refractivity contribution is -0.0595. The molecule has 7 nitrogen and oxygen atoms in total. The Labute approximate surface area is 229 Å². The smallest absolute Gasteiger partial charge is 0.213 e. The summed E-state index contributed by atoms with van der Waals surface area (Å²) in [6.45, 7) is 9.88. The monoisotopic (exact) mass is 529 g/mol. The van der Waals surface area contributed by atoms with Crippen LogP contribution in [0.2, 0.25) is 0 Å². The van der Waals surface area contributed by atoms with E-state index in [-0.39, 0.29) is 24.6 Å². The molecule has 0 aliphatic carbocycles. The number of nitrogens with zero attached hydrogens (tertiary/aromatic N) is 5. The van der Waals surface area contributed by atoms with Gasteiger partial charge in [-0.3, -0.25) is 4.90 Å². The van der Waals surface area contributed by atoms with E-state index in [0.717, 1.165) is 79.4 Å². The molecule has 0 saturated carbocycles. The Bertz CT molecular complexity index is 1460. The summed E-state index contributed by atoms with van der Waals surface area (Å²) in [4.78, 5) is 17.2. The third-order valence-corrected chi connectivity index (χ3v) is 8.14. The molecule has 2 aliphatic rings. The van der Waals surface area contributed by atoms with E-state index in [9.17, 15) is 4.39 Å². The molecular formula is C31H36FN5O2. The minimum Gasteiger partial charge on any atom is -0.473 e. The van der Waals surface area contributed by atoms with Crippen LogP contribution in [0.3, 0.4) is 0 Å². The van der Waals surface area contributed by atoms with Gasteiger partial charge in [0.2, 0.25) is 5.88 Å². The van der Waals surface area contributed by atoms with Gasteiger partial charge in [-0.05, 0) is 83.0 Å². The molecule has 8 heteroatoms. The normalized spacial score (nSPS) is 19.2. The van der Waals surface area contributed by atoms with E-state index in [1.165, 1.54) is 6.07 Å². The number of piperidine rings is 1. The van der Waals surface area contributed by atoms with Crippen LogP contribution in [0.15, 0.2) is 48.5 Å². The number of aromatic nitrogens is 4. The van der Waals surface area contributed by atoms with Crippen LogP contribution < -0.4 is 4.74 Å². The number of rotatable bonds is 8. The van der Waals surface area contributed by atoms with Crippen molar-refractivity contribution in [3.63, 3.8) is 0 Å². The van der Waals surface area contributed by atoms with Crippen LogP contribution in [-0.4, -0.2) is 50.2 Å². The van der Waals surface area contributed by atoms with E-state index in [4.69, 9.17) is 24.4 Å². The summed E-state index contributed by atoms with van der Waals surface area (Å²) in [5.74, 6) is 1.72. The van der Waals surface area contributed by atoms with Gasteiger partial charge < -0.3 is 14.0 Å². The summed E-state index contributed by atoms with van der Waals surface area (Å²) < 4.78 is 28.1. The zero-order valence-electron chi connectivity index (χ0n) is 22.9. The fraction of sp³-hybridized carbons (Fsp3) is 0.452. The fourth-order valence-corrected chi connectivity index (χ4v) is 5.65. The lowest BCUT2D eigenvalue weighted by Gasteiger charge is -2.36. The molecule has 2 fully saturated rings. The highest BCUT2D eigenvalue weighted by Crippen LogP contribution is 2.33. The Hall–Kier alpha value is -3.36. The molecule has 2 atom stereocenters. The quantitative estimate of drug-likeness (QED) is 0.284. The molecule has 6 rings (SSSR count). The van der Waals surface area contributed by atoms with Gasteiger partial charge in [0, 0.05) is 35.5 Å². The predicted molar refractivity (Wildman–Crippen MR) is 148 cm³/mol. The SMILES string of the molecule is Cc1ccc(COc2cccc(C3CCN(C(C)c4nc5ccc(C)nc5n4CC4CCO4)CC3)n2)c(F)c1. The number of likely N-dealkylation sites (tertiary alicyclic amines) is 1. The Morgan fingerprint density at radius 3 is 2.59 bits per heavy atom. The average molecular weight is 530 g/mol. The largest absolute Gasteiger partial charge is 0.473 e. The van der Waals surface area contributed by atoms with Crippen molar-refractivity contribution >= 4 is 11.2 Å². The van der Waals surface area contributed by atoms with E-state index in [1.54, 1.807) is 6.07 Å². The van der Waals surface area contributed by atoms with E-state index in [1.807, 2.05) is 38.1 Å². The summed E-state index contributed by atoms with van der Waals surface area (Å²) in [5, 5.41) is 0. The van der Waals surface area contributed by atoms with E-state index >= 15 is 0 Å². The molecule has 0 amide bonds. The van der Waals surface area contributed by atoms with Gasteiger partial charge in [-0.25, -0.2) is 19.3 Å². The summed E-state index contributed by atoms with van der Waals surface area (Å²) in [6.07, 6.45) is 3.35. The minimum atomic E-state index is -0.243. The standard InChI is InChI=1S/C31H36FN5O2/c1-20-7-9-24(26(32)17-20)19-39-29-6-4-5-27(34-29)23-11-14-36(15-12-23)22(3)30-35-28-10-8-21(2)33-31(28)37(30)18-25-13-16-38-25/h4-10,17,22-23,25H,11-16,18-19H2,1-3H3. The van der Waals surface area contributed by atoms with Crippen molar-refractivity contribution in [1.82, 2.24) is 24.4 Å². The second-order valence-electron chi connectivity index (χ2n) is 10.9. The summed E-state index contributed by atoms with van der Waals surface area (Å²) in [6, 6.07) is 15.4. The van der Waals surface area contributed by atoms with E-state index < -0.39 is 0 Å². The van der Waals surface area contributed by atoms with Crippen LogP contribution in [0.1, 0.15) is 66.5 Å². The highest BCUT2D eigenvalue weighted by Gasteiger charge is 2.30. The number of fused-ring (bicyclic) bond motifs is 1. The third kappa shape index (κ3) is 5.54. The van der Waals surface area contributed by atoms with Crippen molar-refractivity contribution in [3.8, 4) is 5.88 Å². The zero-order chi connectivity index (χ0) is 26.9. The number of halogens is 1. The molecule has 4 aromatic rings. The topological polar surface area (TPSA) is 65.3 Å². The molecule has 2 saturated heterocycles. The second kappa shape index (κ2) is 11.0. The molecule has 2 unspecified atom stereocenters. The second-order valence-corrected chi connectivity index (χ2v) is 10.9. The van der Waals surface area contributed by atoms with Crippen molar-refractivity contribution in [2.75, 3.05) is 19.7 Å². The van der Waals surface area contributed by atoms with Gasteiger partial charge in [-0.2, -0.15) is 0 Å². The molecule has 2 aliphatic heterocycles. The number of pyridine rings is 2. The maximum absolute atomic E-state index is 14.2. The van der Waals surface area contributed by atoms with Crippen molar-refractivity contribution in [3.05, 3.63) is 82.7 Å². The first-order valence-electron chi connectivity index (χ1n) is 14.0. The summed E-state index contributed by atoms with van der Waals surface area (Å²) >= 11 is 0. The van der Waals surface area contributed by atoms with Crippen LogP contribution in [0.5, 0.6) is 5.88 Å². The van der Waals surface area contributed by atoms with Crippen LogP contribution in [0, 0.1) is 19.7 Å². The highest BCUT2D eigenvalue weighted by molar-refractivity contribution is 5.72. The molecular weight excluding hydrogens is 493 g/mol. The van der Waals surface area contributed by atoms with Gasteiger partial charge in [0.25, 0.3) is 0 Å². The first-order chi connectivity index (χ1) is 18.9. The lowest BCUT2D eigenvalue weighted by atomic mass is 9.92. The maximum Gasteiger partial charge on any atom is 0.213 e. The Balaban J connectivity index is 1.12. The molecule has 0 radical (unpaired) electrons. The number of aryl methyl sites for hydroxylation is 2.